The Morgan fingerprint density at radius 2 is 1.78 bits per heavy atom. The van der Waals surface area contributed by atoms with Crippen LogP contribution in [0.25, 0.3) is 0 Å². The molecule has 3 aromatic rings. The van der Waals surface area contributed by atoms with Crippen LogP contribution in [0, 0.1) is 0 Å². The summed E-state index contributed by atoms with van der Waals surface area (Å²) in [5, 5.41) is 3.62. The number of benzene rings is 2. The molecule has 2 amide bonds. The van der Waals surface area contributed by atoms with Crippen molar-refractivity contribution in [2.45, 2.75) is 25.7 Å². The summed E-state index contributed by atoms with van der Waals surface area (Å²) in [6, 6.07) is 20.6. The van der Waals surface area contributed by atoms with Gasteiger partial charge in [-0.05, 0) is 54.8 Å². The van der Waals surface area contributed by atoms with E-state index in [0.717, 1.165) is 30.8 Å². The maximum absolute atomic E-state index is 12.8. The number of nitrogens with one attached hydrogen (secondary N) is 1. The average Bonchev–Trinajstić information content (AvgIpc) is 3.16. The molecule has 36 heavy (non-hydrogen) atoms. The lowest BCUT2D eigenvalue weighted by Crippen LogP contribution is -2.38. The zero-order valence-electron chi connectivity index (χ0n) is 20.4. The van der Waals surface area contributed by atoms with Crippen molar-refractivity contribution in [1.82, 2.24) is 9.88 Å². The highest BCUT2D eigenvalue weighted by atomic mass is 35.5. The van der Waals surface area contributed by atoms with E-state index in [9.17, 15) is 9.59 Å². The van der Waals surface area contributed by atoms with E-state index in [1.165, 1.54) is 0 Å². The van der Waals surface area contributed by atoms with Gasteiger partial charge in [0, 0.05) is 31.2 Å². The quantitative estimate of drug-likeness (QED) is 0.466. The molecule has 1 aliphatic rings. The summed E-state index contributed by atoms with van der Waals surface area (Å²) in [4.78, 5) is 34.1. The first-order valence-electron chi connectivity index (χ1n) is 12.3. The van der Waals surface area contributed by atoms with E-state index < -0.39 is 0 Å². The molecule has 1 saturated heterocycles. The van der Waals surface area contributed by atoms with Gasteiger partial charge < -0.3 is 19.9 Å². The number of carbonyl (C=O) groups excluding carboxylic acids is 2. The number of carbonyl (C=O) groups is 2. The van der Waals surface area contributed by atoms with Crippen LogP contribution < -0.4 is 15.0 Å². The van der Waals surface area contributed by atoms with Crippen molar-refractivity contribution in [3.63, 3.8) is 0 Å². The Kier molecular flexibility index (Phi) is 8.79. The van der Waals surface area contributed by atoms with Gasteiger partial charge in [-0.2, -0.15) is 0 Å². The fourth-order valence-corrected chi connectivity index (χ4v) is 4.42. The molecular formula is C28H31ClN4O3. The summed E-state index contributed by atoms with van der Waals surface area (Å²) in [6.07, 6.45) is 3.25. The molecule has 1 fully saturated rings. The summed E-state index contributed by atoms with van der Waals surface area (Å²) < 4.78 is 5.62. The Morgan fingerprint density at radius 3 is 2.47 bits per heavy atom. The lowest BCUT2D eigenvalue weighted by atomic mass is 9.95. The molecule has 1 atom stereocenters. The van der Waals surface area contributed by atoms with Crippen LogP contribution in [-0.4, -0.2) is 54.5 Å². The Bertz CT molecular complexity index is 1140. The second kappa shape index (κ2) is 12.4. The molecule has 1 aromatic heterocycles. The van der Waals surface area contributed by atoms with Crippen molar-refractivity contribution >= 4 is 34.9 Å². The van der Waals surface area contributed by atoms with E-state index in [-0.39, 0.29) is 24.3 Å². The van der Waals surface area contributed by atoms with Crippen molar-refractivity contribution in [1.29, 1.82) is 0 Å². The molecule has 1 N–H and O–H groups in total. The van der Waals surface area contributed by atoms with Gasteiger partial charge in [0.05, 0.1) is 17.8 Å². The fraction of sp³-hybridized carbons (Fsp3) is 0.321. The lowest BCUT2D eigenvalue weighted by Gasteiger charge is -2.23. The van der Waals surface area contributed by atoms with Crippen LogP contribution in [0.15, 0.2) is 72.9 Å². The molecule has 0 spiro atoms. The number of aromatic nitrogens is 1. The molecule has 1 aliphatic heterocycles. The first kappa shape index (κ1) is 25.5. The maximum Gasteiger partial charge on any atom is 0.260 e. The summed E-state index contributed by atoms with van der Waals surface area (Å²) in [6.45, 7) is 4.75. The van der Waals surface area contributed by atoms with E-state index in [1.54, 1.807) is 30.5 Å². The van der Waals surface area contributed by atoms with Gasteiger partial charge in [0.1, 0.15) is 11.6 Å². The van der Waals surface area contributed by atoms with Gasteiger partial charge in [0.25, 0.3) is 5.91 Å². The van der Waals surface area contributed by atoms with Gasteiger partial charge in [-0.25, -0.2) is 4.98 Å². The Morgan fingerprint density at radius 1 is 1.00 bits per heavy atom. The number of ether oxygens (including phenoxy) is 1. The third-order valence-electron chi connectivity index (χ3n) is 6.29. The van der Waals surface area contributed by atoms with E-state index in [0.29, 0.717) is 36.1 Å². The van der Waals surface area contributed by atoms with Crippen LogP contribution in [0.3, 0.4) is 0 Å². The van der Waals surface area contributed by atoms with Crippen LogP contribution in [0.4, 0.5) is 11.5 Å². The minimum atomic E-state index is -0.205. The Hall–Kier alpha value is -3.58. The predicted octanol–water partition coefficient (Wildman–Crippen LogP) is 4.99. The van der Waals surface area contributed by atoms with Crippen molar-refractivity contribution in [3.8, 4) is 5.75 Å². The topological polar surface area (TPSA) is 74.8 Å². The SMILES string of the molecule is CCC(C(=O)Nc1ccc(N2CCCN(C(=O)COc3ccc(Cl)cc3)CC2)nc1)c1ccccc1. The smallest absolute Gasteiger partial charge is 0.260 e. The summed E-state index contributed by atoms with van der Waals surface area (Å²) in [5.41, 5.74) is 1.67. The number of halogens is 1. The van der Waals surface area contributed by atoms with Crippen LogP contribution in [0.1, 0.15) is 31.2 Å². The second-order valence-electron chi connectivity index (χ2n) is 8.73. The molecule has 4 rings (SSSR count). The molecule has 8 heteroatoms. The number of amides is 2. The van der Waals surface area contributed by atoms with Crippen LogP contribution in [0.5, 0.6) is 5.75 Å². The highest BCUT2D eigenvalue weighted by Gasteiger charge is 2.21. The molecule has 2 heterocycles. The van der Waals surface area contributed by atoms with Crippen LogP contribution in [-0.2, 0) is 9.59 Å². The zero-order valence-corrected chi connectivity index (χ0v) is 21.2. The van der Waals surface area contributed by atoms with E-state index >= 15 is 0 Å². The number of pyridine rings is 1. The van der Waals surface area contributed by atoms with Crippen molar-refractivity contribution < 1.29 is 14.3 Å². The number of anilines is 2. The highest BCUT2D eigenvalue weighted by molar-refractivity contribution is 6.30. The normalized spacial score (nSPS) is 14.6. The number of hydrogen-bond acceptors (Lipinski definition) is 5. The third kappa shape index (κ3) is 6.76. The summed E-state index contributed by atoms with van der Waals surface area (Å²) in [5.74, 6) is 1.16. The number of nitrogens with zero attached hydrogens (tertiary/aromatic N) is 3. The molecule has 0 saturated carbocycles. The Balaban J connectivity index is 1.29. The molecule has 0 radical (unpaired) electrons. The first-order chi connectivity index (χ1) is 17.5. The zero-order chi connectivity index (χ0) is 25.3. The van der Waals surface area contributed by atoms with E-state index in [1.807, 2.05) is 54.3 Å². The van der Waals surface area contributed by atoms with E-state index in [2.05, 4.69) is 15.2 Å². The predicted molar refractivity (Wildman–Crippen MR) is 143 cm³/mol. The van der Waals surface area contributed by atoms with Crippen molar-refractivity contribution in [2.75, 3.05) is 43.0 Å². The highest BCUT2D eigenvalue weighted by Crippen LogP contribution is 2.23. The fourth-order valence-electron chi connectivity index (χ4n) is 4.30. The first-order valence-corrected chi connectivity index (χ1v) is 12.6. The number of rotatable bonds is 8. The Labute approximate surface area is 217 Å². The van der Waals surface area contributed by atoms with Gasteiger partial charge in [-0.15, -0.1) is 0 Å². The average molecular weight is 507 g/mol. The van der Waals surface area contributed by atoms with Gasteiger partial charge in [0.15, 0.2) is 6.61 Å². The molecule has 0 bridgehead atoms. The minimum Gasteiger partial charge on any atom is -0.484 e. The standard InChI is InChI=1S/C28H31ClN4O3/c1-2-25(21-7-4-3-5-8-21)28(35)31-23-11-14-26(30-19-23)32-15-6-16-33(18-17-32)27(34)20-36-24-12-9-22(29)10-13-24/h3-5,7-14,19,25H,2,6,15-18,20H2,1H3,(H,31,35). The van der Waals surface area contributed by atoms with Crippen LogP contribution >= 0.6 is 11.6 Å². The lowest BCUT2D eigenvalue weighted by molar-refractivity contribution is -0.133. The summed E-state index contributed by atoms with van der Waals surface area (Å²) in [7, 11) is 0. The molecular weight excluding hydrogens is 476 g/mol. The van der Waals surface area contributed by atoms with Crippen molar-refractivity contribution in [3.05, 3.63) is 83.5 Å². The molecule has 7 nitrogen and oxygen atoms in total. The number of hydrogen-bond donors (Lipinski definition) is 1. The molecule has 2 aromatic carbocycles. The molecule has 1 unspecified atom stereocenters. The van der Waals surface area contributed by atoms with Crippen LogP contribution in [0.2, 0.25) is 5.02 Å². The largest absolute Gasteiger partial charge is 0.484 e. The third-order valence-corrected chi connectivity index (χ3v) is 6.54. The molecule has 188 valence electrons. The monoisotopic (exact) mass is 506 g/mol. The second-order valence-corrected chi connectivity index (χ2v) is 9.17. The van der Waals surface area contributed by atoms with Gasteiger partial charge in [-0.1, -0.05) is 48.9 Å². The minimum absolute atomic E-state index is 0.00396. The van der Waals surface area contributed by atoms with Crippen molar-refractivity contribution in [2.24, 2.45) is 0 Å². The van der Waals surface area contributed by atoms with Gasteiger partial charge >= 0.3 is 0 Å². The van der Waals surface area contributed by atoms with Gasteiger partial charge in [0.2, 0.25) is 5.91 Å². The van der Waals surface area contributed by atoms with Gasteiger partial charge in [-0.3, -0.25) is 9.59 Å². The van der Waals surface area contributed by atoms with E-state index in [4.69, 9.17) is 16.3 Å². The molecule has 0 aliphatic carbocycles. The summed E-state index contributed by atoms with van der Waals surface area (Å²) >= 11 is 5.89. The maximum atomic E-state index is 12.8.